The van der Waals surface area contributed by atoms with Crippen LogP contribution < -0.4 is 11.5 Å². The molecular formula is C14H18N2O4. The molecular weight excluding hydrogens is 260 g/mol. The van der Waals surface area contributed by atoms with E-state index >= 15 is 0 Å². The number of nitrogen functional groups attached to an aromatic ring is 2. The van der Waals surface area contributed by atoms with Crippen molar-refractivity contribution in [3.8, 4) is 0 Å². The molecule has 0 aliphatic rings. The molecule has 0 amide bonds. The molecule has 6 heteroatoms. The number of hydrogen-bond donors (Lipinski definition) is 2. The minimum Gasteiger partial charge on any atom is -0.458 e. The fraction of sp³-hybridized carbons (Fsp3) is 0.286. The summed E-state index contributed by atoms with van der Waals surface area (Å²) >= 11 is 0. The van der Waals surface area contributed by atoms with E-state index in [1.165, 1.54) is 25.1 Å². The van der Waals surface area contributed by atoms with Gasteiger partial charge in [0, 0.05) is 16.9 Å². The van der Waals surface area contributed by atoms with Crippen LogP contribution in [0.15, 0.2) is 30.4 Å². The number of carbonyl (C=O) groups is 2. The van der Waals surface area contributed by atoms with E-state index in [-0.39, 0.29) is 17.7 Å². The second kappa shape index (κ2) is 6.60. The first-order chi connectivity index (χ1) is 9.29. The lowest BCUT2D eigenvalue weighted by Crippen LogP contribution is -2.22. The average molecular weight is 278 g/mol. The Hall–Kier alpha value is -2.50. The van der Waals surface area contributed by atoms with Crippen LogP contribution in [0.25, 0.3) is 0 Å². The molecule has 0 aliphatic heterocycles. The van der Waals surface area contributed by atoms with Gasteiger partial charge in [0.2, 0.25) is 0 Å². The highest BCUT2D eigenvalue weighted by atomic mass is 16.6. The van der Waals surface area contributed by atoms with Crippen molar-refractivity contribution in [3.05, 3.63) is 35.9 Å². The standard InChI is InChI=1S/C14H18N2O4/c1-8(2)13(17)20-9(3)7-19-14(18)10-4-11(15)6-12(16)5-10/h4-6,9H,1,7,15-16H2,2-3H3. The number of rotatable bonds is 5. The summed E-state index contributed by atoms with van der Waals surface area (Å²) in [4.78, 5) is 23.0. The van der Waals surface area contributed by atoms with Crippen LogP contribution in [0, 0.1) is 0 Å². The Morgan fingerprint density at radius 2 is 1.80 bits per heavy atom. The minimum absolute atomic E-state index is 0.0629. The predicted octanol–water partition coefficient (Wildman–Crippen LogP) is 1.52. The highest BCUT2D eigenvalue weighted by Gasteiger charge is 2.14. The van der Waals surface area contributed by atoms with E-state index in [0.29, 0.717) is 11.4 Å². The third-order valence-electron chi connectivity index (χ3n) is 2.32. The highest BCUT2D eigenvalue weighted by molar-refractivity contribution is 5.91. The lowest BCUT2D eigenvalue weighted by atomic mass is 10.2. The first-order valence-electron chi connectivity index (χ1n) is 5.99. The third kappa shape index (κ3) is 4.64. The normalized spacial score (nSPS) is 11.5. The Bertz CT molecular complexity index is 520. The molecule has 0 spiro atoms. The molecule has 108 valence electrons. The molecule has 1 unspecified atom stereocenters. The van der Waals surface area contributed by atoms with E-state index in [0.717, 1.165) is 0 Å². The molecule has 0 heterocycles. The largest absolute Gasteiger partial charge is 0.458 e. The van der Waals surface area contributed by atoms with E-state index in [4.69, 9.17) is 20.9 Å². The van der Waals surface area contributed by atoms with Gasteiger partial charge in [0.15, 0.2) is 0 Å². The van der Waals surface area contributed by atoms with Gasteiger partial charge in [-0.3, -0.25) is 0 Å². The number of anilines is 2. The molecule has 20 heavy (non-hydrogen) atoms. The second-order valence-electron chi connectivity index (χ2n) is 4.48. The molecule has 0 aromatic heterocycles. The fourth-order valence-electron chi connectivity index (χ4n) is 1.39. The van der Waals surface area contributed by atoms with E-state index in [9.17, 15) is 9.59 Å². The predicted molar refractivity (Wildman–Crippen MR) is 75.9 cm³/mol. The zero-order valence-corrected chi connectivity index (χ0v) is 11.5. The SMILES string of the molecule is C=C(C)C(=O)OC(C)COC(=O)c1cc(N)cc(N)c1. The van der Waals surface area contributed by atoms with Crippen LogP contribution >= 0.6 is 0 Å². The van der Waals surface area contributed by atoms with Crippen molar-refractivity contribution in [1.82, 2.24) is 0 Å². The topological polar surface area (TPSA) is 105 Å². The molecule has 0 aliphatic carbocycles. The van der Waals surface area contributed by atoms with Gasteiger partial charge in [0.25, 0.3) is 0 Å². The van der Waals surface area contributed by atoms with Crippen LogP contribution in [-0.4, -0.2) is 24.6 Å². The summed E-state index contributed by atoms with van der Waals surface area (Å²) < 4.78 is 10.0. The third-order valence-corrected chi connectivity index (χ3v) is 2.32. The van der Waals surface area contributed by atoms with Crippen molar-refractivity contribution in [2.24, 2.45) is 0 Å². The fourth-order valence-corrected chi connectivity index (χ4v) is 1.39. The molecule has 0 bridgehead atoms. The van der Waals surface area contributed by atoms with Crippen molar-refractivity contribution in [2.75, 3.05) is 18.1 Å². The van der Waals surface area contributed by atoms with Gasteiger partial charge >= 0.3 is 11.9 Å². The summed E-state index contributed by atoms with van der Waals surface area (Å²) in [7, 11) is 0. The number of hydrogen-bond acceptors (Lipinski definition) is 6. The van der Waals surface area contributed by atoms with Gasteiger partial charge in [-0.15, -0.1) is 0 Å². The van der Waals surface area contributed by atoms with Gasteiger partial charge in [-0.2, -0.15) is 0 Å². The summed E-state index contributed by atoms with van der Waals surface area (Å²) in [6.07, 6.45) is -0.568. The molecule has 1 rings (SSSR count). The number of benzene rings is 1. The number of ether oxygens (including phenoxy) is 2. The van der Waals surface area contributed by atoms with Gasteiger partial charge in [-0.1, -0.05) is 6.58 Å². The first kappa shape index (κ1) is 15.6. The lowest BCUT2D eigenvalue weighted by Gasteiger charge is -2.13. The average Bonchev–Trinajstić information content (AvgIpc) is 2.34. The zero-order chi connectivity index (χ0) is 15.3. The zero-order valence-electron chi connectivity index (χ0n) is 11.5. The van der Waals surface area contributed by atoms with Crippen LogP contribution in [0.5, 0.6) is 0 Å². The molecule has 0 fully saturated rings. The number of esters is 2. The van der Waals surface area contributed by atoms with Crippen LogP contribution in [0.4, 0.5) is 11.4 Å². The van der Waals surface area contributed by atoms with Crippen molar-refractivity contribution in [1.29, 1.82) is 0 Å². The minimum atomic E-state index is -0.581. The van der Waals surface area contributed by atoms with E-state index in [1.807, 2.05) is 0 Å². The van der Waals surface area contributed by atoms with Crippen LogP contribution in [-0.2, 0) is 14.3 Å². The summed E-state index contributed by atoms with van der Waals surface area (Å²) in [6, 6.07) is 4.46. The molecule has 0 saturated heterocycles. The molecule has 1 aromatic carbocycles. The lowest BCUT2D eigenvalue weighted by molar-refractivity contribution is -0.145. The van der Waals surface area contributed by atoms with Crippen molar-refractivity contribution in [2.45, 2.75) is 20.0 Å². The molecule has 0 saturated carbocycles. The Kier molecular flexibility index (Phi) is 5.14. The highest BCUT2D eigenvalue weighted by Crippen LogP contribution is 2.14. The maximum Gasteiger partial charge on any atom is 0.338 e. The van der Waals surface area contributed by atoms with E-state index in [2.05, 4.69) is 6.58 Å². The molecule has 4 N–H and O–H groups in total. The molecule has 0 radical (unpaired) electrons. The molecule has 1 atom stereocenters. The maximum atomic E-state index is 11.8. The first-order valence-corrected chi connectivity index (χ1v) is 5.99. The van der Waals surface area contributed by atoms with E-state index in [1.54, 1.807) is 6.92 Å². The van der Waals surface area contributed by atoms with Gasteiger partial charge < -0.3 is 20.9 Å². The smallest absolute Gasteiger partial charge is 0.338 e. The van der Waals surface area contributed by atoms with E-state index < -0.39 is 18.0 Å². The molecule has 1 aromatic rings. The second-order valence-corrected chi connectivity index (χ2v) is 4.48. The van der Waals surface area contributed by atoms with Crippen LogP contribution in [0.1, 0.15) is 24.2 Å². The van der Waals surface area contributed by atoms with Gasteiger partial charge in [-0.25, -0.2) is 9.59 Å². The van der Waals surface area contributed by atoms with Crippen molar-refractivity contribution < 1.29 is 19.1 Å². The monoisotopic (exact) mass is 278 g/mol. The number of nitrogens with two attached hydrogens (primary N) is 2. The van der Waals surface area contributed by atoms with Gasteiger partial charge in [0.1, 0.15) is 12.7 Å². The summed E-state index contributed by atoms with van der Waals surface area (Å²) in [5, 5.41) is 0. The number of carbonyl (C=O) groups excluding carboxylic acids is 2. The van der Waals surface area contributed by atoms with Crippen LogP contribution in [0.2, 0.25) is 0 Å². The quantitative estimate of drug-likeness (QED) is 0.480. The summed E-state index contributed by atoms with van der Waals surface area (Å²) in [6.45, 7) is 6.55. The van der Waals surface area contributed by atoms with Gasteiger partial charge in [-0.05, 0) is 32.0 Å². The Morgan fingerprint density at radius 1 is 1.25 bits per heavy atom. The maximum absolute atomic E-state index is 11.8. The Balaban J connectivity index is 2.54. The molecule has 6 nitrogen and oxygen atoms in total. The van der Waals surface area contributed by atoms with Gasteiger partial charge in [0.05, 0.1) is 5.56 Å². The van der Waals surface area contributed by atoms with Crippen molar-refractivity contribution >= 4 is 23.3 Å². The van der Waals surface area contributed by atoms with Crippen LogP contribution in [0.3, 0.4) is 0 Å². The summed E-state index contributed by atoms with van der Waals surface area (Å²) in [5.41, 5.74) is 12.5. The Morgan fingerprint density at radius 3 is 2.30 bits per heavy atom. The summed E-state index contributed by atoms with van der Waals surface area (Å²) in [5.74, 6) is -1.11. The Labute approximate surface area is 117 Å². The van der Waals surface area contributed by atoms with Crippen molar-refractivity contribution in [3.63, 3.8) is 0 Å².